The van der Waals surface area contributed by atoms with Gasteiger partial charge in [-0.3, -0.25) is 9.36 Å². The fourth-order valence-electron chi connectivity index (χ4n) is 1.40. The van der Waals surface area contributed by atoms with Crippen LogP contribution in [0.4, 0.5) is 4.79 Å². The molecule has 2 N–H and O–H groups in total. The summed E-state index contributed by atoms with van der Waals surface area (Å²) in [7, 11) is -3.36. The van der Waals surface area contributed by atoms with Gasteiger partial charge in [0.05, 0.1) is 13.2 Å². The predicted octanol–water partition coefficient (Wildman–Crippen LogP) is 2.24. The zero-order valence-corrected chi connectivity index (χ0v) is 15.0. The lowest BCUT2D eigenvalue weighted by Crippen LogP contribution is -2.46. The van der Waals surface area contributed by atoms with Crippen molar-refractivity contribution in [3.8, 4) is 0 Å². The second-order valence-corrected chi connectivity index (χ2v) is 7.57. The van der Waals surface area contributed by atoms with Crippen molar-refractivity contribution in [2.75, 3.05) is 19.5 Å². The second-order valence-electron chi connectivity index (χ2n) is 5.51. The van der Waals surface area contributed by atoms with E-state index in [1.54, 1.807) is 34.6 Å². The van der Waals surface area contributed by atoms with Gasteiger partial charge in [0.15, 0.2) is 0 Å². The summed E-state index contributed by atoms with van der Waals surface area (Å²) < 4.78 is 27.3. The van der Waals surface area contributed by atoms with E-state index in [0.717, 1.165) is 0 Å². The maximum atomic E-state index is 12.2. The Bertz CT molecular complexity index is 411. The third kappa shape index (κ3) is 9.02. The predicted molar refractivity (Wildman–Crippen MR) is 82.7 cm³/mol. The van der Waals surface area contributed by atoms with Gasteiger partial charge in [0.25, 0.3) is 0 Å². The van der Waals surface area contributed by atoms with Crippen LogP contribution in [0.25, 0.3) is 0 Å². The van der Waals surface area contributed by atoms with Gasteiger partial charge in [-0.1, -0.05) is 0 Å². The summed E-state index contributed by atoms with van der Waals surface area (Å²) in [6.07, 6.45) is -0.957. The van der Waals surface area contributed by atoms with Crippen LogP contribution in [0.15, 0.2) is 0 Å². The minimum absolute atomic E-state index is 0.207. The van der Waals surface area contributed by atoms with E-state index in [1.807, 2.05) is 0 Å². The van der Waals surface area contributed by atoms with Crippen LogP contribution in [0.5, 0.6) is 0 Å². The number of carbonyl (C=O) groups is 2. The lowest BCUT2D eigenvalue weighted by atomic mass is 10.2. The van der Waals surface area contributed by atoms with Crippen molar-refractivity contribution in [2.24, 2.45) is 0 Å². The van der Waals surface area contributed by atoms with Crippen molar-refractivity contribution in [2.45, 2.75) is 53.2 Å². The zero-order valence-electron chi connectivity index (χ0n) is 14.1. The average Bonchev–Trinajstić information content (AvgIpc) is 2.34. The first kappa shape index (κ1) is 20.9. The van der Waals surface area contributed by atoms with Crippen LogP contribution >= 0.6 is 7.60 Å². The molecule has 8 nitrogen and oxygen atoms in total. The highest BCUT2D eigenvalue weighted by Gasteiger charge is 2.26. The Morgan fingerprint density at radius 1 is 1.14 bits per heavy atom. The highest BCUT2D eigenvalue weighted by molar-refractivity contribution is 7.53. The number of nitrogens with one attached hydrogen (secondary N) is 2. The van der Waals surface area contributed by atoms with E-state index in [4.69, 9.17) is 13.8 Å². The van der Waals surface area contributed by atoms with Gasteiger partial charge in [-0.2, -0.15) is 0 Å². The van der Waals surface area contributed by atoms with E-state index in [-0.39, 0.29) is 19.5 Å². The van der Waals surface area contributed by atoms with Crippen LogP contribution in [0.3, 0.4) is 0 Å². The van der Waals surface area contributed by atoms with Crippen molar-refractivity contribution in [3.63, 3.8) is 0 Å². The molecule has 0 aliphatic heterocycles. The molecule has 0 unspecified atom stereocenters. The molecule has 0 saturated heterocycles. The number of hydrogen-bond acceptors (Lipinski definition) is 6. The molecule has 0 rings (SSSR count). The second kappa shape index (κ2) is 9.12. The summed E-state index contributed by atoms with van der Waals surface area (Å²) in [5.41, 5.74) is -0.653. The first-order valence-corrected chi connectivity index (χ1v) is 8.91. The molecule has 9 heteroatoms. The summed E-state index contributed by atoms with van der Waals surface area (Å²) in [6, 6.07) is -0.841. The fourth-order valence-corrected chi connectivity index (χ4v) is 2.79. The number of ether oxygens (including phenoxy) is 1. The molecule has 1 atom stereocenters. The third-order valence-corrected chi connectivity index (χ3v) is 4.07. The van der Waals surface area contributed by atoms with Crippen LogP contribution in [0.1, 0.15) is 41.5 Å². The summed E-state index contributed by atoms with van der Waals surface area (Å²) in [5.74, 6) is -0.509. The van der Waals surface area contributed by atoms with Gasteiger partial charge >= 0.3 is 13.7 Å². The van der Waals surface area contributed by atoms with E-state index < -0.39 is 31.2 Å². The maximum absolute atomic E-state index is 12.2. The Balaban J connectivity index is 4.41. The number of rotatable bonds is 8. The fraction of sp³-hybridized carbons (Fsp3) is 0.846. The van der Waals surface area contributed by atoms with Crippen LogP contribution in [-0.2, 0) is 23.1 Å². The minimum Gasteiger partial charge on any atom is -0.444 e. The maximum Gasteiger partial charge on any atom is 0.408 e. The van der Waals surface area contributed by atoms with Gasteiger partial charge in [0, 0.05) is 0 Å². The highest BCUT2D eigenvalue weighted by Crippen LogP contribution is 2.46. The van der Waals surface area contributed by atoms with Crippen LogP contribution in [0.2, 0.25) is 0 Å². The Kier molecular flexibility index (Phi) is 8.66. The number of carbonyl (C=O) groups excluding carboxylic acids is 2. The quantitative estimate of drug-likeness (QED) is 0.658. The van der Waals surface area contributed by atoms with Crippen molar-refractivity contribution < 1.29 is 27.9 Å². The summed E-state index contributed by atoms with van der Waals surface area (Å²) in [5, 5.41) is 4.83. The number of amides is 2. The van der Waals surface area contributed by atoms with Crippen LogP contribution in [-0.4, -0.2) is 43.1 Å². The highest BCUT2D eigenvalue weighted by atomic mass is 31.2. The number of alkyl carbamates (subject to hydrolysis) is 1. The Hall–Kier alpha value is -1.11. The van der Waals surface area contributed by atoms with Gasteiger partial charge < -0.3 is 24.4 Å². The summed E-state index contributed by atoms with van der Waals surface area (Å²) in [4.78, 5) is 23.4. The average molecular weight is 338 g/mol. The molecular weight excluding hydrogens is 311 g/mol. The van der Waals surface area contributed by atoms with Gasteiger partial charge in [0.1, 0.15) is 17.9 Å². The monoisotopic (exact) mass is 338 g/mol. The first-order valence-electron chi connectivity index (χ1n) is 7.18. The molecule has 2 amide bonds. The number of hydrogen-bond donors (Lipinski definition) is 2. The van der Waals surface area contributed by atoms with Crippen molar-refractivity contribution in [1.82, 2.24) is 10.6 Å². The minimum atomic E-state index is -3.36. The molecular formula is C13H27N2O6P. The zero-order chi connectivity index (χ0) is 17.4. The normalized spacial score (nSPS) is 13.4. The molecule has 0 spiro atoms. The molecule has 0 heterocycles. The lowest BCUT2D eigenvalue weighted by molar-refractivity contribution is -0.122. The molecule has 22 heavy (non-hydrogen) atoms. The van der Waals surface area contributed by atoms with E-state index in [2.05, 4.69) is 10.6 Å². The van der Waals surface area contributed by atoms with Gasteiger partial charge in [-0.25, -0.2) is 4.79 Å². The van der Waals surface area contributed by atoms with Crippen LogP contribution in [0, 0.1) is 0 Å². The summed E-state index contributed by atoms with van der Waals surface area (Å²) in [6.45, 7) is 10.4. The third-order valence-electron chi connectivity index (χ3n) is 2.23. The molecule has 0 aromatic heterocycles. The lowest BCUT2D eigenvalue weighted by Gasteiger charge is -2.22. The summed E-state index contributed by atoms with van der Waals surface area (Å²) >= 11 is 0. The molecule has 0 aliphatic carbocycles. The Labute approximate surface area is 131 Å². The van der Waals surface area contributed by atoms with E-state index in [0.29, 0.717) is 0 Å². The topological polar surface area (TPSA) is 103 Å². The Morgan fingerprint density at radius 3 is 2.05 bits per heavy atom. The molecule has 0 aliphatic rings. The molecule has 0 saturated carbocycles. The van der Waals surface area contributed by atoms with Gasteiger partial charge in [-0.05, 0) is 41.5 Å². The molecule has 130 valence electrons. The largest absolute Gasteiger partial charge is 0.444 e. The molecule has 0 aromatic rings. The Morgan fingerprint density at radius 2 is 1.64 bits per heavy atom. The smallest absolute Gasteiger partial charge is 0.408 e. The van der Waals surface area contributed by atoms with E-state index >= 15 is 0 Å². The molecule has 0 aromatic carbocycles. The molecule has 0 radical (unpaired) electrons. The SMILES string of the molecule is CCOP(=O)(CNC(=O)[C@H](C)NC(=O)OC(C)(C)C)OCC. The molecule has 0 bridgehead atoms. The first-order chi connectivity index (χ1) is 10.0. The standard InChI is InChI=1S/C13H27N2O6P/c1-7-19-22(18,20-8-2)9-14-11(16)10(3)15-12(17)21-13(4,5)6/h10H,7-9H2,1-6H3,(H,14,16)(H,15,17)/t10-/m0/s1. The van der Waals surface area contributed by atoms with Crippen LogP contribution < -0.4 is 10.6 Å². The van der Waals surface area contributed by atoms with Crippen molar-refractivity contribution in [1.29, 1.82) is 0 Å². The van der Waals surface area contributed by atoms with Crippen molar-refractivity contribution >= 4 is 19.6 Å². The van der Waals surface area contributed by atoms with E-state index in [9.17, 15) is 14.2 Å². The molecule has 0 fully saturated rings. The van der Waals surface area contributed by atoms with Gasteiger partial charge in [0.2, 0.25) is 5.91 Å². The van der Waals surface area contributed by atoms with Gasteiger partial charge in [-0.15, -0.1) is 0 Å². The van der Waals surface area contributed by atoms with Crippen molar-refractivity contribution in [3.05, 3.63) is 0 Å². The van der Waals surface area contributed by atoms with E-state index in [1.165, 1.54) is 6.92 Å².